The van der Waals surface area contributed by atoms with Gasteiger partial charge in [-0.1, -0.05) is 66.7 Å². The molecule has 0 radical (unpaired) electrons. The molecule has 0 saturated heterocycles. The number of hydrogen-bond acceptors (Lipinski definition) is 6. The lowest BCUT2D eigenvalue weighted by Crippen LogP contribution is -2.28. The van der Waals surface area contributed by atoms with Gasteiger partial charge in [-0.3, -0.25) is 4.79 Å². The van der Waals surface area contributed by atoms with Crippen LogP contribution in [0.3, 0.4) is 0 Å². The van der Waals surface area contributed by atoms with Gasteiger partial charge in [0.2, 0.25) is 0 Å². The van der Waals surface area contributed by atoms with Crippen LogP contribution in [-0.4, -0.2) is 31.6 Å². The van der Waals surface area contributed by atoms with Crippen LogP contribution in [0.15, 0.2) is 77.5 Å². The van der Waals surface area contributed by atoms with Gasteiger partial charge in [-0.05, 0) is 43.2 Å². The molecule has 0 aliphatic heterocycles. The zero-order valence-electron chi connectivity index (χ0n) is 18.7. The number of rotatable bonds is 11. The Kier molecular flexibility index (Phi) is 9.09. The van der Waals surface area contributed by atoms with E-state index in [-0.39, 0.29) is 5.91 Å². The van der Waals surface area contributed by atoms with Gasteiger partial charge in [0.1, 0.15) is 0 Å². The highest BCUT2D eigenvalue weighted by Gasteiger charge is 2.20. The molecule has 7 nitrogen and oxygen atoms in total. The second-order valence-electron chi connectivity index (χ2n) is 7.17. The van der Waals surface area contributed by atoms with Gasteiger partial charge in [0.15, 0.2) is 11.0 Å². The molecule has 1 aromatic heterocycles. The average Bonchev–Trinajstić information content (AvgIpc) is 3.21. The first-order chi connectivity index (χ1) is 16.0. The molecule has 0 aliphatic rings. The van der Waals surface area contributed by atoms with Crippen molar-refractivity contribution >= 4 is 40.7 Å². The van der Waals surface area contributed by atoms with E-state index in [9.17, 15) is 4.79 Å². The predicted octanol–water partition coefficient (Wildman–Crippen LogP) is 5.14. The largest absolute Gasteiger partial charge is 0.378 e. The summed E-state index contributed by atoms with van der Waals surface area (Å²) in [6, 6.07) is 17.3. The van der Waals surface area contributed by atoms with E-state index in [2.05, 4.69) is 32.6 Å². The van der Waals surface area contributed by atoms with Gasteiger partial charge in [-0.25, -0.2) is 5.43 Å². The summed E-state index contributed by atoms with van der Waals surface area (Å²) in [7, 11) is 0. The number of hydrazone groups is 1. The number of nitrogens with zero attached hydrogens (tertiary/aromatic N) is 4. The van der Waals surface area contributed by atoms with Crippen molar-refractivity contribution in [3.8, 4) is 0 Å². The van der Waals surface area contributed by atoms with Crippen molar-refractivity contribution in [2.24, 2.45) is 5.10 Å². The second kappa shape index (κ2) is 12.2. The van der Waals surface area contributed by atoms with Crippen molar-refractivity contribution in [2.45, 2.75) is 43.8 Å². The van der Waals surface area contributed by atoms with Crippen LogP contribution >= 0.6 is 23.4 Å². The van der Waals surface area contributed by atoms with E-state index in [1.54, 1.807) is 6.08 Å². The maximum absolute atomic E-state index is 12.7. The molecule has 0 aliphatic carbocycles. The molecule has 9 heteroatoms. The third-order valence-corrected chi connectivity index (χ3v) is 6.13. The van der Waals surface area contributed by atoms with Crippen LogP contribution in [0.5, 0.6) is 0 Å². The minimum Gasteiger partial charge on any atom is -0.378 e. The molecule has 172 valence electrons. The van der Waals surface area contributed by atoms with Crippen molar-refractivity contribution in [1.29, 1.82) is 0 Å². The van der Waals surface area contributed by atoms with E-state index in [1.807, 2.05) is 73.0 Å². The summed E-state index contributed by atoms with van der Waals surface area (Å²) in [5.41, 5.74) is 5.43. The first kappa shape index (κ1) is 24.5. The second-order valence-corrected chi connectivity index (χ2v) is 8.92. The molecular formula is C24H27ClN6OS. The number of nitrogens with one attached hydrogen (secondary N) is 2. The Morgan fingerprint density at radius 1 is 1.21 bits per heavy atom. The van der Waals surface area contributed by atoms with E-state index in [1.165, 1.54) is 11.8 Å². The number of thioether (sulfide) groups is 1. The zero-order chi connectivity index (χ0) is 23.6. The fourth-order valence-electron chi connectivity index (χ4n) is 3.00. The first-order valence-corrected chi connectivity index (χ1v) is 11.9. The van der Waals surface area contributed by atoms with Crippen LogP contribution in [0.25, 0.3) is 0 Å². The molecule has 1 amide bonds. The molecule has 3 aromatic rings. The quantitative estimate of drug-likeness (QED) is 0.171. The summed E-state index contributed by atoms with van der Waals surface area (Å²) in [6.45, 7) is 8.67. The number of allylic oxidation sites excluding steroid dienone is 1. The molecule has 0 unspecified atom stereocenters. The number of hydrogen-bond donors (Lipinski definition) is 2. The summed E-state index contributed by atoms with van der Waals surface area (Å²) in [5.74, 6) is 0.547. The van der Waals surface area contributed by atoms with Crippen LogP contribution in [0.2, 0.25) is 5.02 Å². The molecule has 0 fully saturated rings. The fourth-order valence-corrected chi connectivity index (χ4v) is 4.00. The van der Waals surface area contributed by atoms with Crippen LogP contribution in [0, 0.1) is 0 Å². The Morgan fingerprint density at radius 3 is 2.61 bits per heavy atom. The van der Waals surface area contributed by atoms with Gasteiger partial charge in [0, 0.05) is 17.3 Å². The number of amides is 1. The number of carbonyl (C=O) groups is 1. The molecule has 1 heterocycles. The van der Waals surface area contributed by atoms with Crippen molar-refractivity contribution in [3.05, 3.63) is 83.7 Å². The molecule has 2 N–H and O–H groups in total. The van der Waals surface area contributed by atoms with Gasteiger partial charge >= 0.3 is 0 Å². The Morgan fingerprint density at radius 2 is 1.94 bits per heavy atom. The minimum atomic E-state index is -0.410. The molecule has 0 spiro atoms. The number of halogens is 1. The highest BCUT2D eigenvalue weighted by Crippen LogP contribution is 2.23. The topological polar surface area (TPSA) is 84.2 Å². The van der Waals surface area contributed by atoms with E-state index >= 15 is 0 Å². The Hall–Kier alpha value is -3.10. The Balaban J connectivity index is 1.65. The van der Waals surface area contributed by atoms with Crippen molar-refractivity contribution < 1.29 is 4.79 Å². The monoisotopic (exact) mass is 482 g/mol. The third kappa shape index (κ3) is 6.94. The van der Waals surface area contributed by atoms with Gasteiger partial charge in [-0.2, -0.15) is 5.10 Å². The number of anilines is 1. The van der Waals surface area contributed by atoms with Gasteiger partial charge < -0.3 is 9.88 Å². The lowest BCUT2D eigenvalue weighted by atomic mass is 10.1. The van der Waals surface area contributed by atoms with Gasteiger partial charge in [0.25, 0.3) is 5.91 Å². The summed E-state index contributed by atoms with van der Waals surface area (Å²) < 4.78 is 1.94. The smallest absolute Gasteiger partial charge is 0.253 e. The van der Waals surface area contributed by atoms with Crippen LogP contribution in [-0.2, 0) is 17.9 Å². The number of benzene rings is 2. The van der Waals surface area contributed by atoms with E-state index in [0.29, 0.717) is 29.7 Å². The summed E-state index contributed by atoms with van der Waals surface area (Å²) in [4.78, 5) is 12.7. The molecular weight excluding hydrogens is 456 g/mol. The molecule has 1 atom stereocenters. The van der Waals surface area contributed by atoms with Crippen LogP contribution in [0.1, 0.15) is 31.7 Å². The fraction of sp³-hybridized carbons (Fsp3) is 0.250. The van der Waals surface area contributed by atoms with E-state index in [0.717, 1.165) is 22.8 Å². The summed E-state index contributed by atoms with van der Waals surface area (Å²) in [6.07, 6.45) is 2.49. The first-order valence-electron chi connectivity index (χ1n) is 10.6. The molecule has 3 rings (SSSR count). The number of carbonyl (C=O) groups excluding carboxylic acids is 1. The SMILES string of the molecule is C=CCn1c(CNc2ccc(Cl)cc2)nnc1S[C@H](C)C(=O)NN=C(CC)c1ccccc1. The van der Waals surface area contributed by atoms with Gasteiger partial charge in [-0.15, -0.1) is 16.8 Å². The predicted molar refractivity (Wildman–Crippen MR) is 136 cm³/mol. The van der Waals surface area contributed by atoms with E-state index < -0.39 is 5.25 Å². The maximum atomic E-state index is 12.7. The highest BCUT2D eigenvalue weighted by molar-refractivity contribution is 8.00. The average molecular weight is 483 g/mol. The normalized spacial score (nSPS) is 12.3. The molecule has 0 bridgehead atoms. The lowest BCUT2D eigenvalue weighted by Gasteiger charge is -2.12. The van der Waals surface area contributed by atoms with E-state index in [4.69, 9.17) is 11.6 Å². The molecule has 2 aromatic carbocycles. The maximum Gasteiger partial charge on any atom is 0.253 e. The zero-order valence-corrected chi connectivity index (χ0v) is 20.2. The van der Waals surface area contributed by atoms with Gasteiger partial charge in [0.05, 0.1) is 17.5 Å². The molecule has 0 saturated carbocycles. The highest BCUT2D eigenvalue weighted by atomic mass is 35.5. The van der Waals surface area contributed by atoms with Crippen LogP contribution in [0.4, 0.5) is 5.69 Å². The number of aromatic nitrogens is 3. The van der Waals surface area contributed by atoms with Crippen molar-refractivity contribution in [3.63, 3.8) is 0 Å². The third-order valence-electron chi connectivity index (χ3n) is 4.79. The Labute approximate surface area is 203 Å². The molecule has 33 heavy (non-hydrogen) atoms. The standard InChI is InChI=1S/C24H27ClN6OS/c1-4-15-31-22(16-26-20-13-11-19(25)12-14-20)28-30-24(31)33-17(3)23(32)29-27-21(5-2)18-9-7-6-8-10-18/h4,6-14,17,26H,1,5,15-16H2,2-3H3,(H,29,32)/t17-/m1/s1. The summed E-state index contributed by atoms with van der Waals surface area (Å²) >= 11 is 7.28. The van der Waals surface area contributed by atoms with Crippen LogP contribution < -0.4 is 10.7 Å². The van der Waals surface area contributed by atoms with Crippen molar-refractivity contribution in [1.82, 2.24) is 20.2 Å². The van der Waals surface area contributed by atoms with Crippen molar-refractivity contribution in [2.75, 3.05) is 5.32 Å². The minimum absolute atomic E-state index is 0.198. The summed E-state index contributed by atoms with van der Waals surface area (Å²) in [5, 5.41) is 17.2. The lowest BCUT2D eigenvalue weighted by molar-refractivity contribution is -0.120. The Bertz CT molecular complexity index is 1100.